The van der Waals surface area contributed by atoms with Crippen LogP contribution in [0.15, 0.2) is 42.0 Å². The van der Waals surface area contributed by atoms with Crippen LogP contribution in [-0.4, -0.2) is 0 Å². The second-order valence-corrected chi connectivity index (χ2v) is 4.71. The highest BCUT2D eigenvalue weighted by Crippen LogP contribution is 2.46. The Hall–Kier alpha value is -1.30. The summed E-state index contributed by atoms with van der Waals surface area (Å²) in [4.78, 5) is 0. The molecule has 0 N–H and O–H groups in total. The molecular weight excluding hydrogens is 204 g/mol. The minimum absolute atomic E-state index is 0.160. The summed E-state index contributed by atoms with van der Waals surface area (Å²) in [6.07, 6.45) is 4.38. The Bertz CT molecular complexity index is 445. The van der Waals surface area contributed by atoms with Gasteiger partial charge in [0, 0.05) is 5.41 Å². The molecule has 92 valence electrons. The number of allylic oxidation sites excluding steroid dienone is 4. The molecule has 0 atom stereocenters. The number of hydrogen-bond acceptors (Lipinski definition) is 0. The molecule has 17 heavy (non-hydrogen) atoms. The van der Waals surface area contributed by atoms with Gasteiger partial charge in [-0.05, 0) is 36.1 Å². The van der Waals surface area contributed by atoms with Crippen molar-refractivity contribution < 1.29 is 0 Å². The Labute approximate surface area is 106 Å². The van der Waals surface area contributed by atoms with E-state index >= 15 is 0 Å². The normalized spacial score (nSPS) is 16.8. The van der Waals surface area contributed by atoms with Crippen molar-refractivity contribution in [2.75, 3.05) is 0 Å². The number of benzene rings is 1. The molecule has 1 aromatic rings. The minimum atomic E-state index is 0.160. The van der Waals surface area contributed by atoms with E-state index in [1.54, 1.807) is 0 Å². The van der Waals surface area contributed by atoms with Crippen LogP contribution in [0, 0.1) is 0 Å². The Morgan fingerprint density at radius 3 is 2.18 bits per heavy atom. The van der Waals surface area contributed by atoms with E-state index in [1.807, 2.05) is 13.8 Å². The molecule has 0 bridgehead atoms. The first kappa shape index (κ1) is 13.8. The van der Waals surface area contributed by atoms with E-state index in [1.165, 1.54) is 22.3 Å². The van der Waals surface area contributed by atoms with Crippen molar-refractivity contribution in [2.45, 2.75) is 47.0 Å². The van der Waals surface area contributed by atoms with Gasteiger partial charge in [0.25, 0.3) is 0 Å². The van der Waals surface area contributed by atoms with Gasteiger partial charge in [0.05, 0.1) is 0 Å². The zero-order valence-electron chi connectivity index (χ0n) is 12.0. The molecule has 0 unspecified atom stereocenters. The Morgan fingerprint density at radius 1 is 1.06 bits per heavy atom. The number of rotatable bonds is 1. The van der Waals surface area contributed by atoms with Gasteiger partial charge in [-0.3, -0.25) is 0 Å². The van der Waals surface area contributed by atoms with Crippen molar-refractivity contribution in [2.24, 2.45) is 0 Å². The number of hydrogen-bond donors (Lipinski definition) is 0. The largest absolute Gasteiger partial charge is 0.0873 e. The second kappa shape index (κ2) is 5.35. The van der Waals surface area contributed by atoms with E-state index < -0.39 is 0 Å². The van der Waals surface area contributed by atoms with Crippen LogP contribution in [0.1, 0.15) is 52.7 Å². The molecule has 0 aliphatic heterocycles. The Morgan fingerprint density at radius 2 is 1.65 bits per heavy atom. The molecular formula is C17H24. The first-order valence-corrected chi connectivity index (χ1v) is 6.53. The maximum atomic E-state index is 2.30. The van der Waals surface area contributed by atoms with Crippen molar-refractivity contribution in [1.82, 2.24) is 0 Å². The molecule has 1 aliphatic rings. The fourth-order valence-electron chi connectivity index (χ4n) is 2.61. The third-order valence-electron chi connectivity index (χ3n) is 3.42. The summed E-state index contributed by atoms with van der Waals surface area (Å²) in [5, 5.41) is 0. The summed E-state index contributed by atoms with van der Waals surface area (Å²) >= 11 is 0. The Balaban J connectivity index is 0.000000686. The van der Waals surface area contributed by atoms with Gasteiger partial charge >= 0.3 is 0 Å². The molecule has 0 saturated heterocycles. The summed E-state index contributed by atoms with van der Waals surface area (Å²) in [5.41, 5.74) is 5.90. The predicted molar refractivity (Wildman–Crippen MR) is 78.2 cm³/mol. The maximum Gasteiger partial charge on any atom is 0.0155 e. The summed E-state index contributed by atoms with van der Waals surface area (Å²) < 4.78 is 0. The van der Waals surface area contributed by atoms with Crippen LogP contribution in [0.2, 0.25) is 0 Å². The average Bonchev–Trinajstić information content (AvgIpc) is 2.54. The second-order valence-electron chi connectivity index (χ2n) is 4.71. The lowest BCUT2D eigenvalue weighted by Gasteiger charge is -2.22. The standard InChI is InChI=1S/C15H18.C2H6/c1-5-8-13-11(2)12-9-6-7-10-14(12)15(13,3)4;1-2/h5-10H,1-4H3;1-2H3/b8-5-;. The molecule has 0 heterocycles. The smallest absolute Gasteiger partial charge is 0.0155 e. The van der Waals surface area contributed by atoms with Gasteiger partial charge in [-0.25, -0.2) is 0 Å². The van der Waals surface area contributed by atoms with Gasteiger partial charge < -0.3 is 0 Å². The maximum absolute atomic E-state index is 2.30. The molecule has 0 saturated carbocycles. The van der Waals surface area contributed by atoms with Gasteiger partial charge in [0.2, 0.25) is 0 Å². The summed E-state index contributed by atoms with van der Waals surface area (Å²) in [7, 11) is 0. The average molecular weight is 228 g/mol. The molecule has 0 aromatic heterocycles. The van der Waals surface area contributed by atoms with Crippen molar-refractivity contribution in [3.05, 3.63) is 53.1 Å². The highest BCUT2D eigenvalue weighted by Gasteiger charge is 2.33. The van der Waals surface area contributed by atoms with Crippen LogP contribution in [0.4, 0.5) is 0 Å². The zero-order valence-corrected chi connectivity index (χ0v) is 12.0. The molecule has 0 radical (unpaired) electrons. The quantitative estimate of drug-likeness (QED) is 0.607. The van der Waals surface area contributed by atoms with Crippen molar-refractivity contribution in [1.29, 1.82) is 0 Å². The lowest BCUT2D eigenvalue weighted by atomic mass is 9.81. The highest BCUT2D eigenvalue weighted by atomic mass is 14.4. The Kier molecular flexibility index (Phi) is 4.34. The van der Waals surface area contributed by atoms with E-state index in [0.29, 0.717) is 0 Å². The minimum Gasteiger partial charge on any atom is -0.0873 e. The lowest BCUT2D eigenvalue weighted by Crippen LogP contribution is -2.15. The predicted octanol–water partition coefficient (Wildman–Crippen LogP) is 5.35. The zero-order chi connectivity index (χ0) is 13.1. The van der Waals surface area contributed by atoms with E-state index in [4.69, 9.17) is 0 Å². The van der Waals surface area contributed by atoms with Crippen LogP contribution in [0.5, 0.6) is 0 Å². The van der Waals surface area contributed by atoms with Gasteiger partial charge in [0.15, 0.2) is 0 Å². The molecule has 2 rings (SSSR count). The number of fused-ring (bicyclic) bond motifs is 1. The van der Waals surface area contributed by atoms with E-state index in [-0.39, 0.29) is 5.41 Å². The van der Waals surface area contributed by atoms with E-state index in [0.717, 1.165) is 0 Å². The third-order valence-corrected chi connectivity index (χ3v) is 3.42. The molecule has 0 amide bonds. The fourth-order valence-corrected chi connectivity index (χ4v) is 2.61. The van der Waals surface area contributed by atoms with Gasteiger partial charge in [-0.15, -0.1) is 0 Å². The van der Waals surface area contributed by atoms with Crippen LogP contribution in [0.25, 0.3) is 5.57 Å². The topological polar surface area (TPSA) is 0 Å². The first-order chi connectivity index (χ1) is 8.09. The van der Waals surface area contributed by atoms with Crippen molar-refractivity contribution in [3.8, 4) is 0 Å². The molecule has 0 heteroatoms. The lowest BCUT2D eigenvalue weighted by molar-refractivity contribution is 0.654. The van der Waals surface area contributed by atoms with Crippen LogP contribution in [0.3, 0.4) is 0 Å². The third kappa shape index (κ3) is 2.22. The molecule has 1 aromatic carbocycles. The molecule has 0 spiro atoms. The van der Waals surface area contributed by atoms with Crippen molar-refractivity contribution >= 4 is 5.57 Å². The summed E-state index contributed by atoms with van der Waals surface area (Å²) in [6.45, 7) is 12.9. The van der Waals surface area contributed by atoms with Gasteiger partial charge in [-0.2, -0.15) is 0 Å². The molecule has 0 nitrogen and oxygen atoms in total. The van der Waals surface area contributed by atoms with Crippen LogP contribution < -0.4 is 0 Å². The van der Waals surface area contributed by atoms with Crippen LogP contribution >= 0.6 is 0 Å². The van der Waals surface area contributed by atoms with Gasteiger partial charge in [0.1, 0.15) is 0 Å². The van der Waals surface area contributed by atoms with E-state index in [2.05, 4.69) is 64.1 Å². The first-order valence-electron chi connectivity index (χ1n) is 6.53. The fraction of sp³-hybridized carbons (Fsp3) is 0.412. The summed E-state index contributed by atoms with van der Waals surface area (Å²) in [5.74, 6) is 0. The van der Waals surface area contributed by atoms with Crippen LogP contribution in [-0.2, 0) is 5.41 Å². The van der Waals surface area contributed by atoms with E-state index in [9.17, 15) is 0 Å². The highest BCUT2D eigenvalue weighted by molar-refractivity contribution is 5.80. The van der Waals surface area contributed by atoms with Gasteiger partial charge in [-0.1, -0.05) is 64.1 Å². The summed E-state index contributed by atoms with van der Waals surface area (Å²) in [6, 6.07) is 8.72. The molecule has 1 aliphatic carbocycles. The molecule has 0 fully saturated rings. The monoisotopic (exact) mass is 228 g/mol. The SMILES string of the molecule is C/C=C\C1=C(C)c2ccccc2C1(C)C.CC. The van der Waals surface area contributed by atoms with Crippen molar-refractivity contribution in [3.63, 3.8) is 0 Å².